The minimum absolute atomic E-state index is 0.0549. The molecule has 0 aliphatic carbocycles. The molecule has 0 spiro atoms. The molecule has 0 saturated carbocycles. The minimum atomic E-state index is -0.0549. The predicted molar refractivity (Wildman–Crippen MR) is 98.8 cm³/mol. The van der Waals surface area contributed by atoms with E-state index in [0.717, 1.165) is 26.9 Å². The summed E-state index contributed by atoms with van der Waals surface area (Å²) in [5.41, 5.74) is 4.04. The number of rotatable bonds is 4. The van der Waals surface area contributed by atoms with Crippen molar-refractivity contribution < 1.29 is 4.79 Å². The maximum Gasteiger partial charge on any atom is 0.230 e. The molecule has 0 aliphatic rings. The van der Waals surface area contributed by atoms with Gasteiger partial charge in [-0.05, 0) is 24.1 Å². The molecule has 0 saturated heterocycles. The fourth-order valence-corrected chi connectivity index (χ4v) is 3.22. The van der Waals surface area contributed by atoms with Gasteiger partial charge in [0.05, 0.1) is 12.1 Å². The molecule has 1 N–H and O–H groups in total. The molecule has 2 aromatic carbocycles. The number of nitrogens with zero attached hydrogens (tertiary/aromatic N) is 1. The smallest absolute Gasteiger partial charge is 0.230 e. The number of aromatic nitrogens is 1. The molecule has 116 valence electrons. The van der Waals surface area contributed by atoms with Crippen molar-refractivity contribution in [2.24, 2.45) is 0 Å². The molecule has 5 heteroatoms. The van der Waals surface area contributed by atoms with Crippen LogP contribution in [0.4, 0.5) is 5.13 Å². The van der Waals surface area contributed by atoms with Gasteiger partial charge in [0.15, 0.2) is 5.13 Å². The Balaban J connectivity index is 1.66. The molecule has 0 bridgehead atoms. The summed E-state index contributed by atoms with van der Waals surface area (Å²) in [5.74, 6) is -0.0549. The van der Waals surface area contributed by atoms with E-state index in [1.54, 1.807) is 0 Å². The first-order valence-electron chi connectivity index (χ1n) is 7.17. The highest BCUT2D eigenvalue weighted by Crippen LogP contribution is 2.25. The molecule has 0 unspecified atom stereocenters. The zero-order chi connectivity index (χ0) is 16.2. The molecule has 3 nitrogen and oxygen atoms in total. The van der Waals surface area contributed by atoms with Gasteiger partial charge in [0.25, 0.3) is 0 Å². The normalized spacial score (nSPS) is 10.5. The summed E-state index contributed by atoms with van der Waals surface area (Å²) in [7, 11) is 0. The van der Waals surface area contributed by atoms with Gasteiger partial charge in [0.1, 0.15) is 0 Å². The molecule has 23 heavy (non-hydrogen) atoms. The van der Waals surface area contributed by atoms with E-state index in [1.165, 1.54) is 11.3 Å². The van der Waals surface area contributed by atoms with Gasteiger partial charge in [-0.25, -0.2) is 4.98 Å². The van der Waals surface area contributed by atoms with Crippen LogP contribution < -0.4 is 5.32 Å². The lowest BCUT2D eigenvalue weighted by molar-refractivity contribution is -0.115. The number of carbonyl (C=O) groups excluding carboxylic acids is 1. The lowest BCUT2D eigenvalue weighted by Gasteiger charge is -2.04. The summed E-state index contributed by atoms with van der Waals surface area (Å²) in [5, 5.41) is 5.45. The number of hydrogen-bond acceptors (Lipinski definition) is 3. The summed E-state index contributed by atoms with van der Waals surface area (Å²) in [6.07, 6.45) is 0.342. The third kappa shape index (κ3) is 4.06. The fraction of sp³-hybridized carbons (Fsp3) is 0.111. The minimum Gasteiger partial charge on any atom is -0.302 e. The average Bonchev–Trinajstić information content (AvgIpc) is 3.00. The second-order valence-electron chi connectivity index (χ2n) is 5.21. The van der Waals surface area contributed by atoms with E-state index in [9.17, 15) is 4.79 Å². The van der Waals surface area contributed by atoms with E-state index in [4.69, 9.17) is 0 Å². The van der Waals surface area contributed by atoms with Crippen LogP contribution in [0.15, 0.2) is 58.4 Å². The molecular weight excluding hydrogens is 372 g/mol. The number of nitrogens with one attached hydrogen (secondary N) is 1. The van der Waals surface area contributed by atoms with Crippen molar-refractivity contribution in [1.82, 2.24) is 4.98 Å². The Bertz CT molecular complexity index is 830. The quantitative estimate of drug-likeness (QED) is 0.680. The Morgan fingerprint density at radius 1 is 1.22 bits per heavy atom. The van der Waals surface area contributed by atoms with Crippen LogP contribution in [-0.2, 0) is 11.2 Å². The first kappa shape index (κ1) is 15.9. The van der Waals surface area contributed by atoms with Gasteiger partial charge in [-0.1, -0.05) is 58.4 Å². The van der Waals surface area contributed by atoms with Gasteiger partial charge in [-0.15, -0.1) is 11.3 Å². The summed E-state index contributed by atoms with van der Waals surface area (Å²) in [6.45, 7) is 2.01. The SMILES string of the molecule is Cc1cc(CC(=O)Nc2nc(-c3ccccc3)cs2)ccc1Br. The van der Waals surface area contributed by atoms with Crippen molar-refractivity contribution in [2.75, 3.05) is 5.32 Å². The third-order valence-electron chi connectivity index (χ3n) is 3.41. The summed E-state index contributed by atoms with van der Waals surface area (Å²) in [6, 6.07) is 15.9. The van der Waals surface area contributed by atoms with Crippen molar-refractivity contribution in [3.63, 3.8) is 0 Å². The number of benzene rings is 2. The molecule has 1 aromatic heterocycles. The molecule has 0 aliphatic heterocycles. The van der Waals surface area contributed by atoms with E-state index in [2.05, 4.69) is 26.2 Å². The second kappa shape index (κ2) is 7.06. The summed E-state index contributed by atoms with van der Waals surface area (Å²) < 4.78 is 1.05. The molecule has 0 radical (unpaired) electrons. The number of anilines is 1. The first-order valence-corrected chi connectivity index (χ1v) is 8.85. The Labute approximate surface area is 147 Å². The highest BCUT2D eigenvalue weighted by molar-refractivity contribution is 9.10. The van der Waals surface area contributed by atoms with Crippen molar-refractivity contribution in [3.8, 4) is 11.3 Å². The Morgan fingerprint density at radius 3 is 2.74 bits per heavy atom. The monoisotopic (exact) mass is 386 g/mol. The number of hydrogen-bond donors (Lipinski definition) is 1. The van der Waals surface area contributed by atoms with Gasteiger partial charge in [-0.3, -0.25) is 4.79 Å². The molecule has 0 atom stereocenters. The fourth-order valence-electron chi connectivity index (χ4n) is 2.24. The van der Waals surface area contributed by atoms with Crippen LogP contribution in [-0.4, -0.2) is 10.9 Å². The van der Waals surface area contributed by atoms with Crippen molar-refractivity contribution >= 4 is 38.3 Å². The Kier molecular flexibility index (Phi) is 4.88. The van der Waals surface area contributed by atoms with Crippen molar-refractivity contribution in [3.05, 3.63) is 69.5 Å². The van der Waals surface area contributed by atoms with Crippen LogP contribution in [0.5, 0.6) is 0 Å². The number of carbonyl (C=O) groups is 1. The van der Waals surface area contributed by atoms with Crippen LogP contribution in [0, 0.1) is 6.92 Å². The summed E-state index contributed by atoms with van der Waals surface area (Å²) >= 11 is 4.90. The van der Waals surface area contributed by atoms with Crippen LogP contribution in [0.25, 0.3) is 11.3 Å². The lowest BCUT2D eigenvalue weighted by Crippen LogP contribution is -2.14. The lowest BCUT2D eigenvalue weighted by atomic mass is 10.1. The van der Waals surface area contributed by atoms with Crippen LogP contribution in [0.1, 0.15) is 11.1 Å². The zero-order valence-corrected chi connectivity index (χ0v) is 14.9. The van der Waals surface area contributed by atoms with E-state index >= 15 is 0 Å². The summed E-state index contributed by atoms with van der Waals surface area (Å²) in [4.78, 5) is 16.6. The van der Waals surface area contributed by atoms with Gasteiger partial charge in [0.2, 0.25) is 5.91 Å². The maximum atomic E-state index is 12.2. The number of halogens is 1. The Hall–Kier alpha value is -1.98. The van der Waals surface area contributed by atoms with Gasteiger partial charge in [0, 0.05) is 15.4 Å². The maximum absolute atomic E-state index is 12.2. The first-order chi connectivity index (χ1) is 11.1. The van der Waals surface area contributed by atoms with Gasteiger partial charge >= 0.3 is 0 Å². The highest BCUT2D eigenvalue weighted by atomic mass is 79.9. The third-order valence-corrected chi connectivity index (χ3v) is 5.05. The van der Waals surface area contributed by atoms with Crippen LogP contribution in [0.2, 0.25) is 0 Å². The molecule has 3 rings (SSSR count). The standard InChI is InChI=1S/C18H15BrN2OS/c1-12-9-13(7-8-15(12)19)10-17(22)21-18-20-16(11-23-18)14-5-3-2-4-6-14/h2-9,11H,10H2,1H3,(H,20,21,22). The number of thiazole rings is 1. The zero-order valence-electron chi connectivity index (χ0n) is 12.5. The molecular formula is C18H15BrN2OS. The molecule has 1 heterocycles. The van der Waals surface area contributed by atoms with E-state index < -0.39 is 0 Å². The average molecular weight is 387 g/mol. The van der Waals surface area contributed by atoms with Crippen LogP contribution >= 0.6 is 27.3 Å². The predicted octanol–water partition coefficient (Wildman–Crippen LogP) is 5.06. The topological polar surface area (TPSA) is 42.0 Å². The largest absolute Gasteiger partial charge is 0.302 e. The van der Waals surface area contributed by atoms with E-state index in [1.807, 2.05) is 60.8 Å². The number of aryl methyl sites for hydroxylation is 1. The number of amides is 1. The molecule has 0 fully saturated rings. The van der Waals surface area contributed by atoms with E-state index in [-0.39, 0.29) is 5.91 Å². The van der Waals surface area contributed by atoms with Crippen molar-refractivity contribution in [2.45, 2.75) is 13.3 Å². The van der Waals surface area contributed by atoms with Crippen LogP contribution in [0.3, 0.4) is 0 Å². The molecule has 3 aromatic rings. The Morgan fingerprint density at radius 2 is 2.00 bits per heavy atom. The molecule has 1 amide bonds. The van der Waals surface area contributed by atoms with Gasteiger partial charge < -0.3 is 5.32 Å². The second-order valence-corrected chi connectivity index (χ2v) is 6.92. The van der Waals surface area contributed by atoms with E-state index in [0.29, 0.717) is 11.6 Å². The van der Waals surface area contributed by atoms with Gasteiger partial charge in [-0.2, -0.15) is 0 Å². The van der Waals surface area contributed by atoms with Crippen molar-refractivity contribution in [1.29, 1.82) is 0 Å². The highest BCUT2D eigenvalue weighted by Gasteiger charge is 2.09.